The van der Waals surface area contributed by atoms with E-state index >= 15 is 0 Å². The zero-order valence-corrected chi connectivity index (χ0v) is 20.8. The summed E-state index contributed by atoms with van der Waals surface area (Å²) in [4.78, 5) is 0. The van der Waals surface area contributed by atoms with Gasteiger partial charge >= 0.3 is 51.4 Å². The van der Waals surface area contributed by atoms with Crippen LogP contribution in [0.2, 0.25) is 0 Å². The topological polar surface area (TPSA) is 77.4 Å². The van der Waals surface area contributed by atoms with Crippen LogP contribution in [0.3, 0.4) is 0 Å². The molecule has 1 N–H and O–H groups in total. The Hall–Kier alpha value is 1.51. The average molecular weight is 403 g/mol. The maximum Gasteiger partial charge on any atom is 1.00 e. The van der Waals surface area contributed by atoms with Crippen molar-refractivity contribution in [1.82, 2.24) is 0 Å². The van der Waals surface area contributed by atoms with Crippen LogP contribution in [-0.4, -0.2) is 29.4 Å². The molecule has 2 atom stereocenters. The number of hydrogen-bond donors (Lipinski definition) is 1. The largest absolute Gasteiger partial charge is 1.00 e. The molecule has 4 nitrogen and oxygen atoms in total. The van der Waals surface area contributed by atoms with Crippen molar-refractivity contribution in [3.63, 3.8) is 0 Å². The molecule has 0 fully saturated rings. The molecule has 2 unspecified atom stereocenters. The van der Waals surface area contributed by atoms with E-state index in [0.29, 0.717) is 6.42 Å². The van der Waals surface area contributed by atoms with Crippen molar-refractivity contribution < 1.29 is 69.5 Å². The van der Waals surface area contributed by atoms with Crippen molar-refractivity contribution in [1.29, 1.82) is 0 Å². The first-order valence-corrected chi connectivity index (χ1v) is 11.5. The first-order chi connectivity index (χ1) is 11.4. The van der Waals surface area contributed by atoms with Gasteiger partial charge in [-0.1, -0.05) is 84.0 Å². The van der Waals surface area contributed by atoms with Gasteiger partial charge in [0.2, 0.25) is 0 Å². The van der Waals surface area contributed by atoms with Gasteiger partial charge in [-0.25, -0.2) is 8.42 Å². The van der Waals surface area contributed by atoms with Crippen LogP contribution in [0, 0.1) is 0 Å². The molecule has 0 aromatic rings. The third-order valence-electron chi connectivity index (χ3n) is 4.78. The second-order valence-electron chi connectivity index (χ2n) is 7.21. The van der Waals surface area contributed by atoms with E-state index in [1.165, 1.54) is 45.4 Å². The van der Waals surface area contributed by atoms with Crippen LogP contribution in [0.15, 0.2) is 0 Å². The first-order valence-electron chi connectivity index (χ1n) is 10.0. The van der Waals surface area contributed by atoms with Crippen LogP contribution in [-0.2, 0) is 10.1 Å². The van der Waals surface area contributed by atoms with Crippen molar-refractivity contribution in [3.8, 4) is 0 Å². The van der Waals surface area contributed by atoms with Crippen molar-refractivity contribution in [2.75, 3.05) is 0 Å². The Bertz CT molecular complexity index is 374. The molecule has 0 saturated heterocycles. The second kappa shape index (κ2) is 18.9. The van der Waals surface area contributed by atoms with Gasteiger partial charge in [0.05, 0.1) is 16.2 Å². The second-order valence-corrected chi connectivity index (χ2v) is 9.00. The van der Waals surface area contributed by atoms with E-state index in [0.717, 1.165) is 51.4 Å². The summed E-state index contributed by atoms with van der Waals surface area (Å²) in [7, 11) is -4.11. The number of unbranched alkanes of at least 4 members (excludes halogenated alkanes) is 10. The fourth-order valence-electron chi connectivity index (χ4n) is 2.97. The summed E-state index contributed by atoms with van der Waals surface area (Å²) >= 11 is 0. The van der Waals surface area contributed by atoms with Crippen LogP contribution in [0.5, 0.6) is 0 Å². The Balaban J connectivity index is 0. The third kappa shape index (κ3) is 20.1. The van der Waals surface area contributed by atoms with Gasteiger partial charge in [0.25, 0.3) is 0 Å². The molecule has 0 aliphatic heterocycles. The SMILES string of the molecule is CCCCCCCCCC(O)CCCCCCCC(C)S(=O)(=O)[O-].[K+]. The standard InChI is InChI=1S/C19H40O4S.K/c1-3-4-5-6-7-10-13-16-19(20)17-14-11-8-9-12-15-18(2)24(21,22)23;/h18-20H,3-17H2,1-2H3,(H,21,22,23);/q;+1/p-1. The van der Waals surface area contributed by atoms with E-state index in [1.807, 2.05) is 0 Å². The van der Waals surface area contributed by atoms with E-state index < -0.39 is 15.4 Å². The smallest absolute Gasteiger partial charge is 0.748 e. The fraction of sp³-hybridized carbons (Fsp3) is 1.00. The van der Waals surface area contributed by atoms with Gasteiger partial charge < -0.3 is 9.66 Å². The first kappa shape index (κ1) is 28.7. The van der Waals surface area contributed by atoms with Gasteiger partial charge in [0.15, 0.2) is 0 Å². The zero-order valence-electron chi connectivity index (χ0n) is 16.8. The van der Waals surface area contributed by atoms with Gasteiger partial charge in [-0.05, 0) is 26.2 Å². The molecular weight excluding hydrogens is 363 g/mol. The Labute approximate surface area is 199 Å². The monoisotopic (exact) mass is 402 g/mol. The summed E-state index contributed by atoms with van der Waals surface area (Å²) in [5.74, 6) is 0. The third-order valence-corrected chi connectivity index (χ3v) is 6.00. The van der Waals surface area contributed by atoms with E-state index in [-0.39, 0.29) is 57.5 Å². The van der Waals surface area contributed by atoms with Crippen LogP contribution in [0.1, 0.15) is 110 Å². The van der Waals surface area contributed by atoms with Crippen LogP contribution in [0.25, 0.3) is 0 Å². The summed E-state index contributed by atoms with van der Waals surface area (Å²) in [6.07, 6.45) is 16.0. The molecule has 0 spiro atoms. The molecule has 25 heavy (non-hydrogen) atoms. The van der Waals surface area contributed by atoms with Crippen LogP contribution in [0.4, 0.5) is 0 Å². The zero-order chi connectivity index (χ0) is 18.3. The number of aliphatic hydroxyl groups excluding tert-OH is 1. The number of aliphatic hydroxyl groups is 1. The van der Waals surface area contributed by atoms with Crippen LogP contribution < -0.4 is 51.4 Å². The van der Waals surface area contributed by atoms with Crippen LogP contribution >= 0.6 is 0 Å². The molecule has 0 heterocycles. The minimum absolute atomic E-state index is 0. The van der Waals surface area contributed by atoms with Gasteiger partial charge in [0.1, 0.15) is 0 Å². The van der Waals surface area contributed by atoms with E-state index in [2.05, 4.69) is 6.92 Å². The molecule has 0 saturated carbocycles. The minimum Gasteiger partial charge on any atom is -0.748 e. The Morgan fingerprint density at radius 2 is 1.12 bits per heavy atom. The van der Waals surface area contributed by atoms with E-state index in [9.17, 15) is 18.1 Å². The van der Waals surface area contributed by atoms with Crippen molar-refractivity contribution in [2.45, 2.75) is 122 Å². The Morgan fingerprint density at radius 1 is 0.760 bits per heavy atom. The molecule has 0 aromatic heterocycles. The molecule has 6 heteroatoms. The summed E-state index contributed by atoms with van der Waals surface area (Å²) in [6.45, 7) is 3.72. The molecule has 0 aliphatic rings. The van der Waals surface area contributed by atoms with Gasteiger partial charge in [-0.3, -0.25) is 0 Å². The number of hydrogen-bond acceptors (Lipinski definition) is 4. The van der Waals surface area contributed by atoms with Gasteiger partial charge in [-0.15, -0.1) is 0 Å². The van der Waals surface area contributed by atoms with Crippen molar-refractivity contribution in [2.24, 2.45) is 0 Å². The normalized spacial score (nSPS) is 14.1. The van der Waals surface area contributed by atoms with E-state index in [1.54, 1.807) is 0 Å². The quantitative estimate of drug-likeness (QED) is 0.230. The average Bonchev–Trinajstić information content (AvgIpc) is 2.52. The molecule has 0 aromatic carbocycles. The summed E-state index contributed by atoms with van der Waals surface area (Å²) in [5, 5.41) is 9.19. The molecule has 0 radical (unpaired) electrons. The Morgan fingerprint density at radius 3 is 1.52 bits per heavy atom. The van der Waals surface area contributed by atoms with E-state index in [4.69, 9.17) is 0 Å². The van der Waals surface area contributed by atoms with Crippen molar-refractivity contribution >= 4 is 10.1 Å². The van der Waals surface area contributed by atoms with Crippen molar-refractivity contribution in [3.05, 3.63) is 0 Å². The predicted octanol–water partition coefficient (Wildman–Crippen LogP) is 2.16. The molecule has 0 bridgehead atoms. The molecular formula is C19H39KO4S. The maximum absolute atomic E-state index is 10.8. The number of rotatable bonds is 17. The van der Waals surface area contributed by atoms with Gasteiger partial charge in [-0.2, -0.15) is 0 Å². The molecule has 146 valence electrons. The fourth-order valence-corrected chi connectivity index (χ4v) is 3.42. The molecule has 0 aliphatic carbocycles. The summed E-state index contributed by atoms with van der Waals surface area (Å²) in [5.41, 5.74) is 0. The summed E-state index contributed by atoms with van der Waals surface area (Å²) in [6, 6.07) is 0. The van der Waals surface area contributed by atoms with Gasteiger partial charge in [0, 0.05) is 5.25 Å². The molecule has 0 rings (SSSR count). The predicted molar refractivity (Wildman–Crippen MR) is 100 cm³/mol. The molecule has 0 amide bonds. The Kier molecular flexibility index (Phi) is 21.7. The summed E-state index contributed by atoms with van der Waals surface area (Å²) < 4.78 is 32.3. The minimum atomic E-state index is -4.11. The maximum atomic E-state index is 10.8.